The largest absolute Gasteiger partial charge is 1.00 e. The molecular formula is C18H23KO3S. The molecule has 2 aromatic carbocycles. The van der Waals surface area contributed by atoms with E-state index in [0.29, 0.717) is 23.3 Å². The predicted octanol–water partition coefficient (Wildman–Crippen LogP) is 1.14. The summed E-state index contributed by atoms with van der Waals surface area (Å²) in [6, 6.07) is 9.28. The Morgan fingerprint density at radius 1 is 1.00 bits per heavy atom. The van der Waals surface area contributed by atoms with Gasteiger partial charge in [-0.25, -0.2) is 8.42 Å². The molecule has 0 saturated heterocycles. The zero-order valence-corrected chi connectivity index (χ0v) is 18.5. The minimum atomic E-state index is -4.51. The average molecular weight is 359 g/mol. The molecule has 3 nitrogen and oxygen atoms in total. The molecule has 0 unspecified atom stereocenters. The van der Waals surface area contributed by atoms with Gasteiger partial charge in [-0.15, -0.1) is 0 Å². The van der Waals surface area contributed by atoms with Crippen molar-refractivity contribution in [2.45, 2.75) is 45.4 Å². The first-order chi connectivity index (χ1) is 10.2. The van der Waals surface area contributed by atoms with E-state index in [-0.39, 0.29) is 62.2 Å². The van der Waals surface area contributed by atoms with Crippen LogP contribution in [0.4, 0.5) is 0 Å². The second kappa shape index (κ2) is 8.56. The maximum Gasteiger partial charge on any atom is 1.00 e. The zero-order chi connectivity index (χ0) is 16.5. The normalized spacial score (nSPS) is 12.0. The summed E-state index contributed by atoms with van der Waals surface area (Å²) in [5.74, 6) is 0.682. The summed E-state index contributed by atoms with van der Waals surface area (Å²) >= 11 is 0. The zero-order valence-electron chi connectivity index (χ0n) is 14.6. The van der Waals surface area contributed by atoms with Crippen LogP contribution in [0.2, 0.25) is 0 Å². The fourth-order valence-electron chi connectivity index (χ4n) is 2.95. The van der Waals surface area contributed by atoms with Crippen molar-refractivity contribution in [3.8, 4) is 0 Å². The first-order valence-corrected chi connectivity index (χ1v) is 9.10. The van der Waals surface area contributed by atoms with Crippen molar-refractivity contribution < 1.29 is 64.4 Å². The van der Waals surface area contributed by atoms with E-state index in [1.165, 1.54) is 0 Å². The topological polar surface area (TPSA) is 57.2 Å². The molecule has 2 aromatic rings. The molecule has 0 radical (unpaired) electrons. The van der Waals surface area contributed by atoms with E-state index in [1.54, 1.807) is 12.1 Å². The molecule has 23 heavy (non-hydrogen) atoms. The van der Waals surface area contributed by atoms with Crippen LogP contribution in [0, 0.1) is 11.8 Å². The molecule has 0 N–H and O–H groups in total. The number of rotatable bonds is 5. The van der Waals surface area contributed by atoms with Crippen molar-refractivity contribution in [2.24, 2.45) is 11.8 Å². The van der Waals surface area contributed by atoms with Gasteiger partial charge in [-0.1, -0.05) is 58.0 Å². The van der Waals surface area contributed by atoms with Gasteiger partial charge in [0.1, 0.15) is 10.1 Å². The van der Waals surface area contributed by atoms with Crippen molar-refractivity contribution in [3.63, 3.8) is 0 Å². The predicted molar refractivity (Wildman–Crippen MR) is 89.0 cm³/mol. The van der Waals surface area contributed by atoms with E-state index in [9.17, 15) is 13.0 Å². The maximum atomic E-state index is 11.9. The molecule has 5 heteroatoms. The van der Waals surface area contributed by atoms with Gasteiger partial charge in [0.15, 0.2) is 0 Å². The van der Waals surface area contributed by atoms with Gasteiger partial charge >= 0.3 is 51.4 Å². The van der Waals surface area contributed by atoms with Gasteiger partial charge in [0.2, 0.25) is 0 Å². The molecule has 0 saturated carbocycles. The van der Waals surface area contributed by atoms with Crippen LogP contribution in [0.25, 0.3) is 10.8 Å². The third-order valence-corrected chi connectivity index (χ3v) is 4.65. The molecule has 0 bridgehead atoms. The Hall–Kier alpha value is 0.246. The molecule has 120 valence electrons. The molecule has 0 atom stereocenters. The third-order valence-electron chi connectivity index (χ3n) is 3.69. The minimum Gasteiger partial charge on any atom is -0.744 e. The summed E-state index contributed by atoms with van der Waals surface area (Å²) in [6.45, 7) is 8.27. The van der Waals surface area contributed by atoms with Gasteiger partial charge in [-0.3, -0.25) is 0 Å². The fraction of sp³-hybridized carbons (Fsp3) is 0.444. The van der Waals surface area contributed by atoms with Crippen molar-refractivity contribution in [3.05, 3.63) is 41.5 Å². The maximum absolute atomic E-state index is 11.9. The monoisotopic (exact) mass is 358 g/mol. The Morgan fingerprint density at radius 3 is 2.09 bits per heavy atom. The van der Waals surface area contributed by atoms with E-state index < -0.39 is 10.1 Å². The van der Waals surface area contributed by atoms with Gasteiger partial charge in [-0.2, -0.15) is 0 Å². The molecule has 0 aliphatic carbocycles. The Bertz CT molecular complexity index is 780. The summed E-state index contributed by atoms with van der Waals surface area (Å²) in [4.78, 5) is -0.0186. The Kier molecular flexibility index (Phi) is 7.93. The molecule has 0 heterocycles. The van der Waals surface area contributed by atoms with Crippen LogP contribution >= 0.6 is 0 Å². The van der Waals surface area contributed by atoms with Crippen LogP contribution in [-0.4, -0.2) is 13.0 Å². The van der Waals surface area contributed by atoms with Crippen molar-refractivity contribution in [1.29, 1.82) is 0 Å². The second-order valence-electron chi connectivity index (χ2n) is 6.71. The second-order valence-corrected chi connectivity index (χ2v) is 8.03. The number of hydrogen-bond acceptors (Lipinski definition) is 3. The quantitative estimate of drug-likeness (QED) is 0.595. The number of hydrogen-bond donors (Lipinski definition) is 0. The van der Waals surface area contributed by atoms with Crippen LogP contribution in [-0.2, 0) is 23.0 Å². The van der Waals surface area contributed by atoms with Gasteiger partial charge in [0.05, 0.1) is 4.90 Å². The van der Waals surface area contributed by atoms with Gasteiger partial charge < -0.3 is 4.55 Å². The van der Waals surface area contributed by atoms with Crippen LogP contribution in [0.15, 0.2) is 35.2 Å². The van der Waals surface area contributed by atoms with Crippen LogP contribution < -0.4 is 51.4 Å². The Morgan fingerprint density at radius 2 is 1.57 bits per heavy atom. The van der Waals surface area contributed by atoms with Crippen molar-refractivity contribution >= 4 is 20.9 Å². The van der Waals surface area contributed by atoms with E-state index in [0.717, 1.165) is 17.4 Å². The fourth-order valence-corrected chi connectivity index (χ4v) is 3.92. The van der Waals surface area contributed by atoms with E-state index in [2.05, 4.69) is 13.8 Å². The molecule has 2 rings (SSSR count). The van der Waals surface area contributed by atoms with Gasteiger partial charge in [0, 0.05) is 0 Å². The average Bonchev–Trinajstić information content (AvgIpc) is 2.36. The molecule has 0 amide bonds. The smallest absolute Gasteiger partial charge is 0.744 e. The number of fused-ring (bicyclic) bond motifs is 1. The third kappa shape index (κ3) is 5.36. The summed E-state index contributed by atoms with van der Waals surface area (Å²) < 4.78 is 35.8. The molecule has 0 aliphatic rings. The van der Waals surface area contributed by atoms with Gasteiger partial charge in [-0.05, 0) is 46.6 Å². The first-order valence-electron chi connectivity index (χ1n) is 7.69. The Balaban J connectivity index is 0.00000264. The van der Waals surface area contributed by atoms with E-state index in [4.69, 9.17) is 0 Å². The van der Waals surface area contributed by atoms with Crippen LogP contribution in [0.3, 0.4) is 0 Å². The molecular weight excluding hydrogens is 335 g/mol. The SMILES string of the molecule is CC(C)Cc1cc2ccccc2c(S(=O)(=O)[O-])c1CC(C)C.[K+]. The molecule has 0 fully saturated rings. The summed E-state index contributed by atoms with van der Waals surface area (Å²) in [5.41, 5.74) is 1.69. The summed E-state index contributed by atoms with van der Waals surface area (Å²) in [6.07, 6.45) is 1.37. The van der Waals surface area contributed by atoms with Crippen LogP contribution in [0.1, 0.15) is 38.8 Å². The molecule has 0 aliphatic heterocycles. The van der Waals surface area contributed by atoms with Crippen LogP contribution in [0.5, 0.6) is 0 Å². The van der Waals surface area contributed by atoms with E-state index >= 15 is 0 Å². The summed E-state index contributed by atoms with van der Waals surface area (Å²) in [7, 11) is -4.51. The number of benzene rings is 2. The van der Waals surface area contributed by atoms with E-state index in [1.807, 2.05) is 32.0 Å². The first kappa shape index (κ1) is 21.3. The molecule has 0 spiro atoms. The van der Waals surface area contributed by atoms with Crippen molar-refractivity contribution in [1.82, 2.24) is 0 Å². The standard InChI is InChI=1S/C18H24O3S.K/c1-12(2)9-15-11-14-7-5-6-8-16(14)18(22(19,20)21)17(15)10-13(3)4;/h5-8,11-13H,9-10H2,1-4H3,(H,19,20,21);/q;+1/p-1. The van der Waals surface area contributed by atoms with Gasteiger partial charge in [0.25, 0.3) is 0 Å². The Labute approximate surface area is 182 Å². The minimum absolute atomic E-state index is 0. The summed E-state index contributed by atoms with van der Waals surface area (Å²) in [5, 5.41) is 1.36. The molecule has 0 aromatic heterocycles. The van der Waals surface area contributed by atoms with Crippen molar-refractivity contribution in [2.75, 3.05) is 0 Å².